The van der Waals surface area contributed by atoms with E-state index in [-0.39, 0.29) is 17.9 Å². The van der Waals surface area contributed by atoms with E-state index >= 15 is 0 Å². The number of carbonyl (C=O) groups is 1. The van der Waals surface area contributed by atoms with Crippen LogP contribution in [0, 0.1) is 13.8 Å². The van der Waals surface area contributed by atoms with Crippen LogP contribution in [0.25, 0.3) is 0 Å². The van der Waals surface area contributed by atoms with Gasteiger partial charge in [-0.15, -0.1) is 0 Å². The molecule has 0 unspecified atom stereocenters. The lowest BCUT2D eigenvalue weighted by Crippen LogP contribution is -2.42. The van der Waals surface area contributed by atoms with Gasteiger partial charge in [-0.2, -0.15) is 10.2 Å². The maximum Gasteiger partial charge on any atom is 0.230 e. The molecule has 0 aliphatic carbocycles. The van der Waals surface area contributed by atoms with Crippen molar-refractivity contribution in [3.63, 3.8) is 0 Å². The molecule has 124 valence electrons. The Balaban J connectivity index is 1.77. The Hall–Kier alpha value is -2.18. The van der Waals surface area contributed by atoms with Crippen LogP contribution in [0.3, 0.4) is 0 Å². The van der Waals surface area contributed by atoms with Gasteiger partial charge < -0.3 is 4.90 Å². The Labute approximate surface area is 136 Å². The number of carbonyl (C=O) groups excluding carboxylic acids is 1. The summed E-state index contributed by atoms with van der Waals surface area (Å²) in [5.74, 6) is 0.00668. The van der Waals surface area contributed by atoms with Gasteiger partial charge in [-0.1, -0.05) is 0 Å². The van der Waals surface area contributed by atoms with Crippen LogP contribution in [0.1, 0.15) is 48.7 Å². The van der Waals surface area contributed by atoms with Crippen molar-refractivity contribution in [2.24, 2.45) is 7.05 Å². The van der Waals surface area contributed by atoms with Crippen LogP contribution >= 0.6 is 0 Å². The largest absolute Gasteiger partial charge is 0.340 e. The molecular weight excluding hydrogens is 292 g/mol. The minimum Gasteiger partial charge on any atom is -0.340 e. The lowest BCUT2D eigenvalue weighted by Gasteiger charge is -2.34. The lowest BCUT2D eigenvalue weighted by atomic mass is 9.96. The molecule has 0 saturated carbocycles. The Bertz CT molecular complexity index is 690. The molecule has 0 N–H and O–H groups in total. The highest BCUT2D eigenvalue weighted by atomic mass is 16.2. The fourth-order valence-corrected chi connectivity index (χ4v) is 3.59. The molecule has 3 heterocycles. The maximum atomic E-state index is 13.0. The molecule has 7 heteroatoms. The van der Waals surface area contributed by atoms with E-state index in [2.05, 4.69) is 15.2 Å². The molecule has 2 aromatic heterocycles. The number of aromatic nitrogens is 5. The van der Waals surface area contributed by atoms with Gasteiger partial charge in [0.25, 0.3) is 0 Å². The summed E-state index contributed by atoms with van der Waals surface area (Å²) < 4.78 is 3.72. The average molecular weight is 316 g/mol. The quantitative estimate of drug-likeness (QED) is 0.862. The molecule has 2 aromatic rings. The van der Waals surface area contributed by atoms with Gasteiger partial charge in [0, 0.05) is 31.4 Å². The summed E-state index contributed by atoms with van der Waals surface area (Å²) in [5.41, 5.74) is 3.06. The van der Waals surface area contributed by atoms with Crippen LogP contribution < -0.4 is 0 Å². The Morgan fingerprint density at radius 2 is 2.17 bits per heavy atom. The number of rotatable bonds is 3. The summed E-state index contributed by atoms with van der Waals surface area (Å²) in [6.07, 6.45) is 5.31. The molecular formula is C16H24N6O. The normalized spacial score (nSPS) is 19.8. The van der Waals surface area contributed by atoms with Crippen molar-refractivity contribution in [2.45, 2.75) is 45.6 Å². The molecule has 3 rings (SSSR count). The number of amides is 1. The van der Waals surface area contributed by atoms with E-state index in [1.165, 1.54) is 0 Å². The zero-order chi connectivity index (χ0) is 16.6. The fraction of sp³-hybridized carbons (Fsp3) is 0.625. The molecule has 1 aliphatic heterocycles. The highest BCUT2D eigenvalue weighted by Gasteiger charge is 2.30. The minimum absolute atomic E-state index is 0.168. The Morgan fingerprint density at radius 1 is 1.39 bits per heavy atom. The van der Waals surface area contributed by atoms with Gasteiger partial charge in [0.1, 0.15) is 12.7 Å². The topological polar surface area (TPSA) is 68.8 Å². The molecule has 7 nitrogen and oxygen atoms in total. The van der Waals surface area contributed by atoms with Crippen LogP contribution in [-0.2, 0) is 11.8 Å². The van der Waals surface area contributed by atoms with Crippen molar-refractivity contribution < 1.29 is 4.79 Å². The molecule has 0 radical (unpaired) electrons. The summed E-state index contributed by atoms with van der Waals surface area (Å²) in [6, 6.07) is 0.221. The SMILES string of the molecule is Cc1nn(C)c(C)c1[C@H](C)C(=O)N1CCC[C@@H](n2cncn2)C1. The van der Waals surface area contributed by atoms with E-state index in [0.29, 0.717) is 6.54 Å². The second-order valence-corrected chi connectivity index (χ2v) is 6.39. The van der Waals surface area contributed by atoms with E-state index in [1.54, 1.807) is 12.7 Å². The third-order valence-corrected chi connectivity index (χ3v) is 4.89. The van der Waals surface area contributed by atoms with Crippen LogP contribution in [0.15, 0.2) is 12.7 Å². The Morgan fingerprint density at radius 3 is 2.78 bits per heavy atom. The van der Waals surface area contributed by atoms with Crippen LogP contribution in [0.2, 0.25) is 0 Å². The molecule has 0 bridgehead atoms. The molecule has 1 aliphatic rings. The van der Waals surface area contributed by atoms with E-state index in [9.17, 15) is 4.79 Å². The smallest absolute Gasteiger partial charge is 0.230 e. The first-order chi connectivity index (χ1) is 11.0. The fourth-order valence-electron chi connectivity index (χ4n) is 3.59. The van der Waals surface area contributed by atoms with Crippen LogP contribution in [0.4, 0.5) is 0 Å². The zero-order valence-corrected chi connectivity index (χ0v) is 14.2. The van der Waals surface area contributed by atoms with Crippen LogP contribution in [0.5, 0.6) is 0 Å². The van der Waals surface area contributed by atoms with Crippen molar-refractivity contribution in [3.05, 3.63) is 29.6 Å². The van der Waals surface area contributed by atoms with Crippen molar-refractivity contribution in [3.8, 4) is 0 Å². The predicted octanol–water partition coefficient (Wildman–Crippen LogP) is 1.60. The summed E-state index contributed by atoms with van der Waals surface area (Å²) >= 11 is 0. The Kier molecular flexibility index (Phi) is 4.19. The molecule has 23 heavy (non-hydrogen) atoms. The van der Waals surface area contributed by atoms with Crippen molar-refractivity contribution in [1.82, 2.24) is 29.4 Å². The standard InChI is InChI=1S/C16H24N6O/c1-11(15-12(2)19-20(4)13(15)3)16(23)21-7-5-6-14(8-21)22-10-17-9-18-22/h9-11,14H,5-8H2,1-4H3/t11-,14+/m0/s1. The predicted molar refractivity (Wildman–Crippen MR) is 86.0 cm³/mol. The van der Waals surface area contributed by atoms with Gasteiger partial charge in [-0.05, 0) is 33.6 Å². The van der Waals surface area contributed by atoms with Gasteiger partial charge in [-0.25, -0.2) is 9.67 Å². The highest BCUT2D eigenvalue weighted by molar-refractivity contribution is 5.84. The van der Waals surface area contributed by atoms with Crippen molar-refractivity contribution in [1.29, 1.82) is 0 Å². The molecule has 0 spiro atoms. The summed E-state index contributed by atoms with van der Waals surface area (Å²) in [6.45, 7) is 7.49. The number of hydrogen-bond donors (Lipinski definition) is 0. The monoisotopic (exact) mass is 316 g/mol. The van der Waals surface area contributed by atoms with E-state index < -0.39 is 0 Å². The molecule has 1 saturated heterocycles. The first-order valence-corrected chi connectivity index (χ1v) is 8.12. The van der Waals surface area contributed by atoms with Gasteiger partial charge in [-0.3, -0.25) is 9.48 Å². The molecule has 2 atom stereocenters. The van der Waals surface area contributed by atoms with Crippen molar-refractivity contribution in [2.75, 3.05) is 13.1 Å². The summed E-state index contributed by atoms with van der Waals surface area (Å²) in [7, 11) is 1.92. The summed E-state index contributed by atoms with van der Waals surface area (Å²) in [5, 5.41) is 8.66. The molecule has 1 fully saturated rings. The van der Waals surface area contributed by atoms with Gasteiger partial charge >= 0.3 is 0 Å². The van der Waals surface area contributed by atoms with Gasteiger partial charge in [0.15, 0.2) is 0 Å². The third-order valence-electron chi connectivity index (χ3n) is 4.89. The highest BCUT2D eigenvalue weighted by Crippen LogP contribution is 2.28. The average Bonchev–Trinajstić information content (AvgIpc) is 3.16. The second kappa shape index (κ2) is 6.14. The first-order valence-electron chi connectivity index (χ1n) is 8.12. The number of hydrogen-bond acceptors (Lipinski definition) is 4. The van der Waals surface area contributed by atoms with Gasteiger partial charge in [0.2, 0.25) is 5.91 Å². The maximum absolute atomic E-state index is 13.0. The summed E-state index contributed by atoms with van der Waals surface area (Å²) in [4.78, 5) is 18.9. The van der Waals surface area contributed by atoms with Crippen molar-refractivity contribution >= 4 is 5.91 Å². The molecule has 1 amide bonds. The number of piperidine rings is 1. The van der Waals surface area contributed by atoms with Crippen LogP contribution in [-0.4, -0.2) is 48.4 Å². The molecule has 0 aromatic carbocycles. The lowest BCUT2D eigenvalue weighted by molar-refractivity contribution is -0.134. The number of likely N-dealkylation sites (tertiary alicyclic amines) is 1. The van der Waals surface area contributed by atoms with E-state index in [4.69, 9.17) is 0 Å². The van der Waals surface area contributed by atoms with Gasteiger partial charge in [0.05, 0.1) is 17.7 Å². The number of aryl methyl sites for hydroxylation is 2. The second-order valence-electron chi connectivity index (χ2n) is 6.39. The zero-order valence-electron chi connectivity index (χ0n) is 14.2. The third kappa shape index (κ3) is 2.87. The van der Waals surface area contributed by atoms with E-state index in [1.807, 2.05) is 42.1 Å². The first kappa shape index (κ1) is 15.7. The number of nitrogens with zero attached hydrogens (tertiary/aromatic N) is 6. The van der Waals surface area contributed by atoms with E-state index in [0.717, 1.165) is 36.3 Å². The minimum atomic E-state index is -0.168.